The summed E-state index contributed by atoms with van der Waals surface area (Å²) < 4.78 is 0. The number of carboxylic acid groups (broad SMARTS) is 1. The van der Waals surface area contributed by atoms with Crippen LogP contribution in [0.5, 0.6) is 0 Å². The zero-order valence-electron chi connectivity index (χ0n) is 13.2. The van der Waals surface area contributed by atoms with Crippen molar-refractivity contribution >= 4 is 23.5 Å². The van der Waals surface area contributed by atoms with E-state index in [-0.39, 0.29) is 23.3 Å². The molecule has 122 valence electrons. The average molecular weight is 316 g/mol. The van der Waals surface area contributed by atoms with Crippen LogP contribution in [-0.2, 0) is 9.59 Å². The molecule has 1 aromatic rings. The molecule has 2 rings (SSSR count). The van der Waals surface area contributed by atoms with Crippen molar-refractivity contribution in [1.29, 1.82) is 0 Å². The highest BCUT2D eigenvalue weighted by Gasteiger charge is 2.34. The van der Waals surface area contributed by atoms with Gasteiger partial charge in [-0.25, -0.2) is 4.79 Å². The third-order valence-electron chi connectivity index (χ3n) is 3.93. The quantitative estimate of drug-likeness (QED) is 0.832. The van der Waals surface area contributed by atoms with Gasteiger partial charge in [0.1, 0.15) is 0 Å². The summed E-state index contributed by atoms with van der Waals surface area (Å²) in [5, 5.41) is 11.6. The van der Waals surface area contributed by atoms with E-state index in [1.165, 1.54) is 17.0 Å². The summed E-state index contributed by atoms with van der Waals surface area (Å²) in [6, 6.07) is 5.95. The second-order valence-corrected chi connectivity index (χ2v) is 5.76. The van der Waals surface area contributed by atoms with Crippen molar-refractivity contribution in [2.75, 3.05) is 19.4 Å². The molecule has 6 nitrogen and oxygen atoms in total. The van der Waals surface area contributed by atoms with Crippen LogP contribution in [0.25, 0.3) is 0 Å². The van der Waals surface area contributed by atoms with Crippen molar-refractivity contribution in [2.45, 2.75) is 12.8 Å². The second kappa shape index (κ2) is 7.09. The molecular weight excluding hydrogens is 296 g/mol. The first-order chi connectivity index (χ1) is 10.9. The predicted molar refractivity (Wildman–Crippen MR) is 86.1 cm³/mol. The van der Waals surface area contributed by atoms with Crippen LogP contribution in [0.1, 0.15) is 23.2 Å². The molecule has 0 bridgehead atoms. The lowest BCUT2D eigenvalue weighted by Crippen LogP contribution is -2.40. The maximum atomic E-state index is 12.5. The monoisotopic (exact) mass is 316 g/mol. The van der Waals surface area contributed by atoms with E-state index in [0.29, 0.717) is 18.5 Å². The third-order valence-corrected chi connectivity index (χ3v) is 3.93. The van der Waals surface area contributed by atoms with Crippen LogP contribution in [-0.4, -0.2) is 41.9 Å². The molecule has 0 saturated heterocycles. The molecular formula is C17H20N2O4. The Labute approximate surface area is 134 Å². The smallest absolute Gasteiger partial charge is 0.335 e. The van der Waals surface area contributed by atoms with Gasteiger partial charge in [-0.1, -0.05) is 12.2 Å². The summed E-state index contributed by atoms with van der Waals surface area (Å²) in [6.45, 7) is 0. The number of allylic oxidation sites excluding steroid dienone is 2. The Hall–Kier alpha value is -2.63. The highest BCUT2D eigenvalue weighted by Crippen LogP contribution is 2.28. The molecule has 0 radical (unpaired) electrons. The molecule has 2 amide bonds. The summed E-state index contributed by atoms with van der Waals surface area (Å²) in [7, 11) is 3.36. The Morgan fingerprint density at radius 3 is 2.13 bits per heavy atom. The maximum Gasteiger partial charge on any atom is 0.335 e. The molecule has 0 aliphatic heterocycles. The van der Waals surface area contributed by atoms with Crippen molar-refractivity contribution in [3.63, 3.8) is 0 Å². The Kier molecular flexibility index (Phi) is 5.16. The van der Waals surface area contributed by atoms with Crippen molar-refractivity contribution in [1.82, 2.24) is 4.90 Å². The van der Waals surface area contributed by atoms with Gasteiger partial charge in [0, 0.05) is 19.8 Å². The van der Waals surface area contributed by atoms with E-state index < -0.39 is 11.9 Å². The van der Waals surface area contributed by atoms with E-state index in [4.69, 9.17) is 5.11 Å². The molecule has 2 unspecified atom stereocenters. The van der Waals surface area contributed by atoms with Gasteiger partial charge in [0.05, 0.1) is 17.4 Å². The fourth-order valence-electron chi connectivity index (χ4n) is 2.64. The van der Waals surface area contributed by atoms with Crippen LogP contribution in [0.3, 0.4) is 0 Å². The highest BCUT2D eigenvalue weighted by atomic mass is 16.4. The molecule has 0 heterocycles. The van der Waals surface area contributed by atoms with E-state index in [0.717, 1.165) is 0 Å². The minimum absolute atomic E-state index is 0.0595. The van der Waals surface area contributed by atoms with E-state index in [1.54, 1.807) is 26.2 Å². The molecule has 0 saturated carbocycles. The first-order valence-corrected chi connectivity index (χ1v) is 7.40. The van der Waals surface area contributed by atoms with Gasteiger partial charge in [-0.05, 0) is 37.1 Å². The summed E-state index contributed by atoms with van der Waals surface area (Å²) in [5.41, 5.74) is 0.676. The first kappa shape index (κ1) is 16.7. The van der Waals surface area contributed by atoms with Crippen LogP contribution in [0.15, 0.2) is 36.4 Å². The fraction of sp³-hybridized carbons (Fsp3) is 0.353. The number of hydrogen-bond acceptors (Lipinski definition) is 3. The number of hydrogen-bond donors (Lipinski definition) is 2. The molecule has 0 spiro atoms. The minimum atomic E-state index is -1.02. The van der Waals surface area contributed by atoms with Crippen molar-refractivity contribution in [3.05, 3.63) is 42.0 Å². The Morgan fingerprint density at radius 2 is 1.61 bits per heavy atom. The lowest BCUT2D eigenvalue weighted by Gasteiger charge is -2.28. The topological polar surface area (TPSA) is 86.7 Å². The second-order valence-electron chi connectivity index (χ2n) is 5.76. The Morgan fingerprint density at radius 1 is 1.04 bits per heavy atom. The van der Waals surface area contributed by atoms with Gasteiger partial charge >= 0.3 is 5.97 Å². The minimum Gasteiger partial charge on any atom is -0.478 e. The standard InChI is InChI=1S/C17H20N2O4/c1-19(2)16(21)14-6-4-3-5-13(14)15(20)18-12-9-7-11(8-10-12)17(22)23/h3-4,7-10,13-14H,5-6H2,1-2H3,(H,18,20)(H,22,23). The lowest BCUT2D eigenvalue weighted by atomic mass is 9.81. The number of anilines is 1. The molecule has 1 aromatic carbocycles. The van der Waals surface area contributed by atoms with Gasteiger partial charge in [0.25, 0.3) is 0 Å². The third kappa shape index (κ3) is 3.97. The Bertz CT molecular complexity index is 634. The van der Waals surface area contributed by atoms with E-state index in [1.807, 2.05) is 12.2 Å². The summed E-state index contributed by atoms with van der Waals surface area (Å²) in [6.07, 6.45) is 4.91. The number of carboxylic acids is 1. The molecule has 0 fully saturated rings. The zero-order valence-corrected chi connectivity index (χ0v) is 13.2. The number of nitrogens with one attached hydrogen (secondary N) is 1. The molecule has 0 aromatic heterocycles. The summed E-state index contributed by atoms with van der Waals surface area (Å²) in [4.78, 5) is 37.1. The summed E-state index contributed by atoms with van der Waals surface area (Å²) >= 11 is 0. The SMILES string of the molecule is CN(C)C(=O)C1CC=CCC1C(=O)Nc1ccc(C(=O)O)cc1. The van der Waals surface area contributed by atoms with Crippen molar-refractivity contribution in [3.8, 4) is 0 Å². The molecule has 1 aliphatic carbocycles. The fourth-order valence-corrected chi connectivity index (χ4v) is 2.64. The number of benzene rings is 1. The molecule has 2 N–H and O–H groups in total. The van der Waals surface area contributed by atoms with Gasteiger partial charge in [-0.3, -0.25) is 9.59 Å². The number of rotatable bonds is 4. The highest BCUT2D eigenvalue weighted by molar-refractivity contribution is 5.97. The summed E-state index contributed by atoms with van der Waals surface area (Å²) in [5.74, 6) is -2.09. The molecule has 6 heteroatoms. The largest absolute Gasteiger partial charge is 0.478 e. The van der Waals surface area contributed by atoms with E-state index >= 15 is 0 Å². The van der Waals surface area contributed by atoms with Crippen molar-refractivity contribution in [2.24, 2.45) is 11.8 Å². The van der Waals surface area contributed by atoms with Gasteiger partial charge in [0.2, 0.25) is 11.8 Å². The van der Waals surface area contributed by atoms with Crippen molar-refractivity contribution < 1.29 is 19.5 Å². The van der Waals surface area contributed by atoms with Crippen LogP contribution in [0.2, 0.25) is 0 Å². The number of carbonyl (C=O) groups is 3. The molecule has 1 aliphatic rings. The lowest BCUT2D eigenvalue weighted by molar-refractivity contribution is -0.138. The zero-order chi connectivity index (χ0) is 17.0. The first-order valence-electron chi connectivity index (χ1n) is 7.40. The van der Waals surface area contributed by atoms with E-state index in [9.17, 15) is 14.4 Å². The molecule has 2 atom stereocenters. The van der Waals surface area contributed by atoms with Gasteiger partial charge in [-0.2, -0.15) is 0 Å². The van der Waals surface area contributed by atoms with Gasteiger partial charge in [-0.15, -0.1) is 0 Å². The van der Waals surface area contributed by atoms with E-state index in [2.05, 4.69) is 5.32 Å². The van der Waals surface area contributed by atoms with Crippen LogP contribution in [0, 0.1) is 11.8 Å². The van der Waals surface area contributed by atoms with Crippen LogP contribution >= 0.6 is 0 Å². The number of aromatic carboxylic acids is 1. The van der Waals surface area contributed by atoms with Gasteiger partial charge in [0.15, 0.2) is 0 Å². The Balaban J connectivity index is 2.10. The number of nitrogens with zero attached hydrogens (tertiary/aromatic N) is 1. The average Bonchev–Trinajstić information content (AvgIpc) is 2.54. The van der Waals surface area contributed by atoms with Crippen LogP contribution < -0.4 is 5.32 Å². The van der Waals surface area contributed by atoms with Crippen LogP contribution in [0.4, 0.5) is 5.69 Å². The number of amides is 2. The normalized spacial score (nSPS) is 19.9. The number of carbonyl (C=O) groups excluding carboxylic acids is 2. The molecule has 23 heavy (non-hydrogen) atoms. The van der Waals surface area contributed by atoms with Gasteiger partial charge < -0.3 is 15.3 Å². The maximum absolute atomic E-state index is 12.5. The predicted octanol–water partition coefficient (Wildman–Crippen LogP) is 1.99.